The number of benzene rings is 2. The van der Waals surface area contributed by atoms with Crippen molar-refractivity contribution in [3.05, 3.63) is 78.0 Å². The maximum absolute atomic E-state index is 14.1. The lowest BCUT2D eigenvalue weighted by molar-refractivity contribution is 0.581. The van der Waals surface area contributed by atoms with Gasteiger partial charge in [0.2, 0.25) is 0 Å². The van der Waals surface area contributed by atoms with Gasteiger partial charge in [-0.05, 0) is 16.5 Å². The highest BCUT2D eigenvalue weighted by atomic mass is 31.2. The fourth-order valence-electron chi connectivity index (χ4n) is 2.88. The Bertz CT molecular complexity index is 786. The average Bonchev–Trinajstić information content (AvgIpc) is 2.55. The molecule has 0 amide bonds. The maximum atomic E-state index is 14.1. The Morgan fingerprint density at radius 1 is 1.00 bits per heavy atom. The van der Waals surface area contributed by atoms with Crippen LogP contribution in [0.2, 0.25) is 0 Å². The molecule has 0 heterocycles. The first-order chi connectivity index (χ1) is 11.2. The molecule has 24 heavy (non-hydrogen) atoms. The largest absolute Gasteiger partial charge is 0.313 e. The molecule has 126 valence electrons. The SMILES string of the molecule is C=C=C(c1ccccc1)[P@@](=O)(c1ccc(C(C)(C)C)cc1)C(C)C. The van der Waals surface area contributed by atoms with E-state index in [-0.39, 0.29) is 11.1 Å². The van der Waals surface area contributed by atoms with E-state index in [0.29, 0.717) is 0 Å². The minimum Gasteiger partial charge on any atom is -0.313 e. The third-order valence-corrected chi connectivity index (χ3v) is 7.99. The fourth-order valence-corrected chi connectivity index (χ4v) is 5.61. The lowest BCUT2D eigenvalue weighted by Gasteiger charge is -2.26. The van der Waals surface area contributed by atoms with Gasteiger partial charge >= 0.3 is 0 Å². The molecule has 1 atom stereocenters. The van der Waals surface area contributed by atoms with Crippen molar-refractivity contribution in [2.24, 2.45) is 0 Å². The molecule has 2 aromatic rings. The van der Waals surface area contributed by atoms with E-state index in [9.17, 15) is 4.57 Å². The quantitative estimate of drug-likeness (QED) is 0.478. The first-order valence-electron chi connectivity index (χ1n) is 8.38. The molecule has 0 spiro atoms. The van der Waals surface area contributed by atoms with Crippen LogP contribution < -0.4 is 5.30 Å². The van der Waals surface area contributed by atoms with E-state index < -0.39 is 7.14 Å². The monoisotopic (exact) mass is 338 g/mol. The molecule has 0 aliphatic carbocycles. The molecular formula is C22H27OP. The predicted molar refractivity (Wildman–Crippen MR) is 107 cm³/mol. The number of hydrogen-bond donors (Lipinski definition) is 0. The Balaban J connectivity index is 2.60. The van der Waals surface area contributed by atoms with Crippen LogP contribution in [-0.2, 0) is 9.98 Å². The molecule has 0 aliphatic rings. The van der Waals surface area contributed by atoms with E-state index in [2.05, 4.69) is 45.2 Å². The molecule has 0 unspecified atom stereocenters. The van der Waals surface area contributed by atoms with Crippen LogP contribution in [0.4, 0.5) is 0 Å². The zero-order valence-corrected chi connectivity index (χ0v) is 16.2. The molecule has 2 aromatic carbocycles. The molecule has 0 fully saturated rings. The zero-order chi connectivity index (χ0) is 18.0. The van der Waals surface area contributed by atoms with Crippen LogP contribution >= 0.6 is 7.14 Å². The normalized spacial score (nSPS) is 14.1. The van der Waals surface area contributed by atoms with Crippen molar-refractivity contribution in [1.82, 2.24) is 0 Å². The van der Waals surface area contributed by atoms with Crippen molar-refractivity contribution >= 4 is 17.8 Å². The maximum Gasteiger partial charge on any atom is 0.153 e. The minimum absolute atomic E-state index is 0.0116. The van der Waals surface area contributed by atoms with Crippen LogP contribution in [0, 0.1) is 0 Å². The summed E-state index contributed by atoms with van der Waals surface area (Å²) in [6, 6.07) is 18.1. The summed E-state index contributed by atoms with van der Waals surface area (Å²) in [5, 5.41) is 1.60. The molecule has 0 aromatic heterocycles. The highest BCUT2D eigenvalue weighted by Gasteiger charge is 2.34. The van der Waals surface area contributed by atoms with Crippen LogP contribution in [0.5, 0.6) is 0 Å². The van der Waals surface area contributed by atoms with E-state index in [0.717, 1.165) is 16.2 Å². The lowest BCUT2D eigenvalue weighted by atomic mass is 9.87. The van der Waals surface area contributed by atoms with Crippen molar-refractivity contribution in [3.8, 4) is 0 Å². The third kappa shape index (κ3) is 3.48. The molecule has 0 radical (unpaired) electrons. The predicted octanol–water partition coefficient (Wildman–Crippen LogP) is 6.21. The third-order valence-electron chi connectivity index (χ3n) is 4.39. The first-order valence-corrected chi connectivity index (χ1v) is 10.2. The molecule has 0 bridgehead atoms. The summed E-state index contributed by atoms with van der Waals surface area (Å²) < 4.78 is 14.1. The second kappa shape index (κ2) is 6.98. The van der Waals surface area contributed by atoms with Gasteiger partial charge in [-0.2, -0.15) is 0 Å². The highest BCUT2D eigenvalue weighted by Crippen LogP contribution is 2.60. The van der Waals surface area contributed by atoms with Gasteiger partial charge in [-0.3, -0.25) is 0 Å². The summed E-state index contributed by atoms with van der Waals surface area (Å²) in [5.74, 6) is 0. The summed E-state index contributed by atoms with van der Waals surface area (Å²) in [7, 11) is -2.80. The molecule has 0 N–H and O–H groups in total. The zero-order valence-electron chi connectivity index (χ0n) is 15.3. The Morgan fingerprint density at radius 3 is 1.96 bits per heavy atom. The molecular weight excluding hydrogens is 311 g/mol. The fraction of sp³-hybridized carbons (Fsp3) is 0.318. The second-order valence-electron chi connectivity index (χ2n) is 7.44. The molecule has 1 nitrogen and oxygen atoms in total. The van der Waals surface area contributed by atoms with Gasteiger partial charge in [0.1, 0.15) is 0 Å². The van der Waals surface area contributed by atoms with Gasteiger partial charge in [0.15, 0.2) is 7.14 Å². The van der Waals surface area contributed by atoms with Gasteiger partial charge in [0.25, 0.3) is 0 Å². The number of rotatable bonds is 4. The van der Waals surface area contributed by atoms with Crippen LogP contribution in [0.25, 0.3) is 5.31 Å². The summed E-state index contributed by atoms with van der Waals surface area (Å²) in [4.78, 5) is 0. The van der Waals surface area contributed by atoms with Crippen LogP contribution in [-0.4, -0.2) is 5.66 Å². The minimum atomic E-state index is -2.80. The molecule has 0 saturated carbocycles. The topological polar surface area (TPSA) is 17.1 Å². The van der Waals surface area contributed by atoms with Gasteiger partial charge in [0, 0.05) is 11.0 Å². The van der Waals surface area contributed by atoms with Gasteiger partial charge in [-0.15, -0.1) is 5.73 Å². The molecule has 2 rings (SSSR count). The Kier molecular flexibility index (Phi) is 5.38. The smallest absolute Gasteiger partial charge is 0.153 e. The van der Waals surface area contributed by atoms with Gasteiger partial charge in [0.05, 0.1) is 5.31 Å². The second-order valence-corrected chi connectivity index (χ2v) is 10.8. The van der Waals surface area contributed by atoms with Crippen LogP contribution in [0.15, 0.2) is 66.9 Å². The summed E-state index contributed by atoms with van der Waals surface area (Å²) in [6.07, 6.45) is 0. The Hall–Kier alpha value is -1.81. The van der Waals surface area contributed by atoms with Crippen LogP contribution in [0.3, 0.4) is 0 Å². The van der Waals surface area contributed by atoms with Crippen molar-refractivity contribution in [2.75, 3.05) is 0 Å². The lowest BCUT2D eigenvalue weighted by Crippen LogP contribution is -2.16. The van der Waals surface area contributed by atoms with E-state index in [1.165, 1.54) is 5.56 Å². The molecule has 0 aliphatic heterocycles. The summed E-state index contributed by atoms with van der Waals surface area (Å²) >= 11 is 0. The summed E-state index contributed by atoms with van der Waals surface area (Å²) in [5.41, 5.74) is 5.23. The van der Waals surface area contributed by atoms with E-state index >= 15 is 0 Å². The van der Waals surface area contributed by atoms with Gasteiger partial charge < -0.3 is 4.57 Å². The van der Waals surface area contributed by atoms with Gasteiger partial charge in [-0.25, -0.2) is 0 Å². The molecule has 2 heteroatoms. The summed E-state index contributed by atoms with van der Waals surface area (Å²) in [6.45, 7) is 14.4. The van der Waals surface area contributed by atoms with E-state index in [1.807, 2.05) is 56.3 Å². The van der Waals surface area contributed by atoms with Crippen LogP contribution in [0.1, 0.15) is 45.7 Å². The highest BCUT2D eigenvalue weighted by molar-refractivity contribution is 7.81. The standard InChI is InChI=1S/C22H27OP/c1-7-21(18-11-9-8-10-12-18)24(23,17(2)3)20-15-13-19(14-16-20)22(4,5)6/h8-17H,1H2,2-6H3/t24-/m0/s1. The average molecular weight is 338 g/mol. The first kappa shape index (κ1) is 18.5. The molecule has 0 saturated heterocycles. The van der Waals surface area contributed by atoms with Gasteiger partial charge in [-0.1, -0.05) is 95.8 Å². The van der Waals surface area contributed by atoms with E-state index in [1.54, 1.807) is 0 Å². The van der Waals surface area contributed by atoms with Crippen molar-refractivity contribution in [1.29, 1.82) is 0 Å². The Morgan fingerprint density at radius 2 is 1.54 bits per heavy atom. The van der Waals surface area contributed by atoms with Crippen molar-refractivity contribution in [2.45, 2.75) is 45.7 Å². The van der Waals surface area contributed by atoms with Crippen molar-refractivity contribution < 1.29 is 4.57 Å². The number of hydrogen-bond acceptors (Lipinski definition) is 1. The Labute approximate surface area is 146 Å². The van der Waals surface area contributed by atoms with Crippen molar-refractivity contribution in [3.63, 3.8) is 0 Å². The van der Waals surface area contributed by atoms with E-state index in [4.69, 9.17) is 0 Å².